The summed E-state index contributed by atoms with van der Waals surface area (Å²) in [4.78, 5) is 76.8. The minimum absolute atomic E-state index is 0.00131. The van der Waals surface area contributed by atoms with Crippen molar-refractivity contribution in [3.05, 3.63) is 12.2 Å². The van der Waals surface area contributed by atoms with Crippen molar-refractivity contribution in [3.63, 3.8) is 0 Å². The number of nitrogens with two attached hydrogens (primary N) is 1. The monoisotopic (exact) mass is 586 g/mol. The summed E-state index contributed by atoms with van der Waals surface area (Å²) < 4.78 is 0. The van der Waals surface area contributed by atoms with E-state index in [2.05, 4.69) is 16.0 Å². The Morgan fingerprint density at radius 3 is 1.88 bits per heavy atom. The predicted octanol–water partition coefficient (Wildman–Crippen LogP) is 3.16. The molecule has 0 radical (unpaired) electrons. The molecular formula is C32H50N4O6. The van der Waals surface area contributed by atoms with Gasteiger partial charge in [0.15, 0.2) is 11.6 Å². The smallest absolute Gasteiger partial charge is 0.244 e. The summed E-state index contributed by atoms with van der Waals surface area (Å²) in [5, 5.41) is 8.15. The molecule has 10 heteroatoms. The molecule has 1 heterocycles. The first kappa shape index (κ1) is 33.5. The number of hydrogen-bond acceptors (Lipinski definition) is 6. The van der Waals surface area contributed by atoms with Crippen molar-refractivity contribution in [2.24, 2.45) is 23.5 Å². The van der Waals surface area contributed by atoms with Crippen molar-refractivity contribution in [2.45, 2.75) is 128 Å². The summed E-state index contributed by atoms with van der Waals surface area (Å²) >= 11 is 0. The van der Waals surface area contributed by atoms with Gasteiger partial charge in [-0.3, -0.25) is 28.8 Å². The van der Waals surface area contributed by atoms with Crippen molar-refractivity contribution < 1.29 is 28.8 Å². The molecule has 42 heavy (non-hydrogen) atoms. The van der Waals surface area contributed by atoms with Crippen molar-refractivity contribution >= 4 is 35.2 Å². The lowest BCUT2D eigenvalue weighted by molar-refractivity contribution is -0.133. The third kappa shape index (κ3) is 12.1. The van der Waals surface area contributed by atoms with E-state index in [4.69, 9.17) is 5.73 Å². The molecule has 2 saturated carbocycles. The predicted molar refractivity (Wildman–Crippen MR) is 159 cm³/mol. The van der Waals surface area contributed by atoms with Crippen molar-refractivity contribution in [1.82, 2.24) is 16.0 Å². The highest BCUT2D eigenvalue weighted by molar-refractivity contribution is 6.00. The second-order valence-electron chi connectivity index (χ2n) is 12.6. The largest absolute Gasteiger partial charge is 0.368 e. The molecule has 0 aromatic heterocycles. The van der Waals surface area contributed by atoms with E-state index in [9.17, 15) is 28.8 Å². The van der Waals surface area contributed by atoms with Crippen molar-refractivity contribution in [1.29, 1.82) is 0 Å². The maximum atomic E-state index is 13.7. The van der Waals surface area contributed by atoms with E-state index in [1.165, 1.54) is 6.42 Å². The van der Waals surface area contributed by atoms with Gasteiger partial charge in [0.05, 0.1) is 12.6 Å². The van der Waals surface area contributed by atoms with Gasteiger partial charge < -0.3 is 21.7 Å². The zero-order valence-corrected chi connectivity index (χ0v) is 25.0. The number of carbonyl (C=O) groups excluding carboxylic acids is 6. The van der Waals surface area contributed by atoms with Crippen LogP contribution in [-0.2, 0) is 28.8 Å². The molecule has 3 aliphatic rings. The zero-order valence-electron chi connectivity index (χ0n) is 25.0. The minimum Gasteiger partial charge on any atom is -0.368 e. The topological polar surface area (TPSA) is 165 Å². The van der Waals surface area contributed by atoms with Gasteiger partial charge in [0.2, 0.25) is 23.6 Å². The number of amides is 4. The lowest BCUT2D eigenvalue weighted by atomic mass is 9.79. The van der Waals surface area contributed by atoms with E-state index < -0.39 is 35.7 Å². The van der Waals surface area contributed by atoms with E-state index in [0.29, 0.717) is 56.8 Å². The normalized spacial score (nSPS) is 28.3. The molecule has 0 unspecified atom stereocenters. The minimum atomic E-state index is -0.896. The van der Waals surface area contributed by atoms with E-state index >= 15 is 0 Å². The van der Waals surface area contributed by atoms with Crippen LogP contribution in [0.15, 0.2) is 12.2 Å². The Morgan fingerprint density at radius 2 is 1.26 bits per heavy atom. The molecule has 0 spiro atoms. The summed E-state index contributed by atoms with van der Waals surface area (Å²) in [6, 6.07) is -1.67. The first-order chi connectivity index (χ1) is 20.2. The van der Waals surface area contributed by atoms with E-state index in [1.54, 1.807) is 0 Å². The molecule has 0 aromatic carbocycles. The molecule has 2 fully saturated rings. The fraction of sp³-hybridized carbons (Fsp3) is 0.750. The Balaban J connectivity index is 1.79. The van der Waals surface area contributed by atoms with Crippen LogP contribution in [0.4, 0.5) is 0 Å². The second-order valence-corrected chi connectivity index (χ2v) is 12.6. The van der Waals surface area contributed by atoms with Crippen LogP contribution in [0.25, 0.3) is 0 Å². The lowest BCUT2D eigenvalue weighted by Gasteiger charge is -2.29. The van der Waals surface area contributed by atoms with Gasteiger partial charge >= 0.3 is 0 Å². The summed E-state index contributed by atoms with van der Waals surface area (Å²) in [6.07, 6.45) is 16.4. The number of rotatable bonds is 5. The summed E-state index contributed by atoms with van der Waals surface area (Å²) in [5.41, 5.74) is 5.45. The summed E-state index contributed by atoms with van der Waals surface area (Å²) in [7, 11) is 0. The number of Topliss-reactive ketones (excluding diaryl/α,β-unsaturated/α-hetero) is 2. The van der Waals surface area contributed by atoms with Gasteiger partial charge in [-0.15, -0.1) is 0 Å². The van der Waals surface area contributed by atoms with Crippen LogP contribution in [0.3, 0.4) is 0 Å². The van der Waals surface area contributed by atoms with Crippen LogP contribution < -0.4 is 21.7 Å². The van der Waals surface area contributed by atoms with Crippen LogP contribution in [0.2, 0.25) is 0 Å². The molecule has 3 rings (SSSR count). The molecular weight excluding hydrogens is 536 g/mol. The standard InChI is InChI=1S/C32H50N4O6/c33-31(41)26-15-9-3-8-14-25(37)21-34-32(42)24(18-22-10-4-1-5-11-22)20-28(38)27(19-23-12-6-2-7-13-23)36-30(40)17-16-29(39)35-26/h16-17,22-24,26-27H,1-15,18-21H2,(H2,33,41)(H,34,42)(H,35,39)(H,36,40)/b17-16-/t24-,26-,27+/m1/s1. The summed E-state index contributed by atoms with van der Waals surface area (Å²) in [5.74, 6) is -2.35. The maximum Gasteiger partial charge on any atom is 0.244 e. The maximum absolute atomic E-state index is 13.7. The molecule has 1 aliphatic heterocycles. The average Bonchev–Trinajstić information content (AvgIpc) is 2.97. The molecule has 2 aliphatic carbocycles. The molecule has 0 bridgehead atoms. The highest BCUT2D eigenvalue weighted by Crippen LogP contribution is 2.32. The van der Waals surface area contributed by atoms with E-state index in [0.717, 1.165) is 69.9 Å². The van der Waals surface area contributed by atoms with Crippen LogP contribution in [-0.4, -0.2) is 53.8 Å². The third-order valence-electron chi connectivity index (χ3n) is 9.11. The van der Waals surface area contributed by atoms with Crippen LogP contribution in [0.5, 0.6) is 0 Å². The quantitative estimate of drug-likeness (QED) is 0.386. The number of hydrogen-bond donors (Lipinski definition) is 4. The first-order valence-electron chi connectivity index (χ1n) is 16.1. The van der Waals surface area contributed by atoms with Crippen molar-refractivity contribution in [3.8, 4) is 0 Å². The molecule has 0 aromatic rings. The van der Waals surface area contributed by atoms with Gasteiger partial charge in [-0.25, -0.2) is 0 Å². The van der Waals surface area contributed by atoms with Crippen LogP contribution in [0.1, 0.15) is 116 Å². The SMILES string of the molecule is NC(=O)[C@H]1CCCCCC(=O)CNC(=O)[C@H](CC2CCCCC2)CC(=O)[C@H](CC2CCCCC2)NC(=O)/C=C\C(=O)N1. The molecule has 0 saturated heterocycles. The third-order valence-corrected chi connectivity index (χ3v) is 9.11. The number of primary amides is 1. The number of carbonyl (C=O) groups is 6. The fourth-order valence-corrected chi connectivity index (χ4v) is 6.66. The summed E-state index contributed by atoms with van der Waals surface area (Å²) in [6.45, 7) is -0.0822. The van der Waals surface area contributed by atoms with Gasteiger partial charge in [0.1, 0.15) is 6.04 Å². The van der Waals surface area contributed by atoms with Gasteiger partial charge in [-0.1, -0.05) is 77.0 Å². The van der Waals surface area contributed by atoms with Crippen LogP contribution in [0, 0.1) is 17.8 Å². The Morgan fingerprint density at radius 1 is 0.714 bits per heavy atom. The molecule has 4 amide bonds. The first-order valence-corrected chi connectivity index (χ1v) is 16.1. The highest BCUT2D eigenvalue weighted by Gasteiger charge is 2.32. The van der Waals surface area contributed by atoms with Gasteiger partial charge in [0, 0.05) is 30.9 Å². The van der Waals surface area contributed by atoms with Gasteiger partial charge in [0.25, 0.3) is 0 Å². The molecule has 234 valence electrons. The Bertz CT molecular complexity index is 983. The Hall–Kier alpha value is -3.04. The molecule has 10 nitrogen and oxygen atoms in total. The molecule has 5 N–H and O–H groups in total. The van der Waals surface area contributed by atoms with Crippen molar-refractivity contribution in [2.75, 3.05) is 6.54 Å². The number of nitrogens with one attached hydrogen (secondary N) is 3. The Labute approximate surface area is 249 Å². The second kappa shape index (κ2) is 17.8. The zero-order chi connectivity index (χ0) is 30.3. The van der Waals surface area contributed by atoms with E-state index in [-0.39, 0.29) is 30.4 Å². The van der Waals surface area contributed by atoms with Gasteiger partial charge in [-0.2, -0.15) is 0 Å². The van der Waals surface area contributed by atoms with Crippen LogP contribution >= 0.6 is 0 Å². The fourth-order valence-electron chi connectivity index (χ4n) is 6.66. The lowest BCUT2D eigenvalue weighted by Crippen LogP contribution is -2.45. The average molecular weight is 587 g/mol. The molecule has 3 atom stereocenters. The van der Waals surface area contributed by atoms with E-state index in [1.807, 2.05) is 0 Å². The Kier molecular flexibility index (Phi) is 14.2. The highest BCUT2D eigenvalue weighted by atomic mass is 16.2. The van der Waals surface area contributed by atoms with Gasteiger partial charge in [-0.05, 0) is 37.5 Å². The number of ketones is 2.